The van der Waals surface area contributed by atoms with Crippen LogP contribution in [0.1, 0.15) is 22.3 Å². The molecule has 5 heteroatoms. The van der Waals surface area contributed by atoms with Crippen molar-refractivity contribution in [2.24, 2.45) is 5.92 Å². The molecule has 2 aromatic rings. The number of hydrogen-bond acceptors (Lipinski definition) is 4. The van der Waals surface area contributed by atoms with Crippen LogP contribution in [-0.4, -0.2) is 49.2 Å². The molecule has 0 saturated carbocycles. The first-order valence-corrected chi connectivity index (χ1v) is 8.56. The Bertz CT molecular complexity index is 688. The second-order valence-corrected chi connectivity index (χ2v) is 6.37. The molecule has 2 atom stereocenters. The molecule has 25 heavy (non-hydrogen) atoms. The molecule has 0 N–H and O–H groups in total. The van der Waals surface area contributed by atoms with Crippen molar-refractivity contribution >= 4 is 5.91 Å². The van der Waals surface area contributed by atoms with E-state index >= 15 is 0 Å². The molecule has 1 fully saturated rings. The number of hydrogen-bond donors (Lipinski definition) is 0. The van der Waals surface area contributed by atoms with E-state index in [1.807, 2.05) is 23.1 Å². The molecular weight excluding hydrogens is 316 g/mol. The van der Waals surface area contributed by atoms with Crippen molar-refractivity contribution in [3.63, 3.8) is 0 Å². The highest BCUT2D eigenvalue weighted by atomic mass is 16.5. The van der Waals surface area contributed by atoms with Gasteiger partial charge in [-0.3, -0.25) is 9.78 Å². The van der Waals surface area contributed by atoms with Crippen LogP contribution in [0.15, 0.2) is 48.8 Å². The minimum Gasteiger partial charge on any atom is -0.497 e. The van der Waals surface area contributed by atoms with Crippen LogP contribution in [0.25, 0.3) is 0 Å². The predicted molar refractivity (Wildman–Crippen MR) is 95.7 cm³/mol. The van der Waals surface area contributed by atoms with Gasteiger partial charge in [0.05, 0.1) is 18.8 Å². The van der Waals surface area contributed by atoms with E-state index in [0.29, 0.717) is 18.7 Å². The van der Waals surface area contributed by atoms with Gasteiger partial charge >= 0.3 is 0 Å². The summed E-state index contributed by atoms with van der Waals surface area (Å²) in [6, 6.07) is 11.7. The van der Waals surface area contributed by atoms with Crippen LogP contribution in [0.2, 0.25) is 0 Å². The van der Waals surface area contributed by atoms with E-state index in [1.54, 1.807) is 32.7 Å². The van der Waals surface area contributed by atoms with Crippen LogP contribution in [-0.2, 0) is 11.2 Å². The van der Waals surface area contributed by atoms with E-state index in [-0.39, 0.29) is 17.9 Å². The standard InChI is InChI=1S/C20H24N2O3/c1-24-18-7-5-15(6-8-18)12-17-14-22(11-9-19(17)25-2)20(23)16-4-3-10-21-13-16/h3-8,10,13,17,19H,9,11-12,14H2,1-2H3/t17-,19-/m1/s1. The summed E-state index contributed by atoms with van der Waals surface area (Å²) >= 11 is 0. The summed E-state index contributed by atoms with van der Waals surface area (Å²) < 4.78 is 10.9. The van der Waals surface area contributed by atoms with Crippen LogP contribution >= 0.6 is 0 Å². The van der Waals surface area contributed by atoms with Crippen molar-refractivity contribution in [1.29, 1.82) is 0 Å². The first-order chi connectivity index (χ1) is 12.2. The quantitative estimate of drug-likeness (QED) is 0.840. The lowest BCUT2D eigenvalue weighted by atomic mass is 9.88. The Morgan fingerprint density at radius 1 is 1.24 bits per heavy atom. The van der Waals surface area contributed by atoms with E-state index in [2.05, 4.69) is 17.1 Å². The minimum absolute atomic E-state index is 0.0439. The van der Waals surface area contributed by atoms with Gasteiger partial charge in [-0.25, -0.2) is 0 Å². The summed E-state index contributed by atoms with van der Waals surface area (Å²) in [5, 5.41) is 0. The summed E-state index contributed by atoms with van der Waals surface area (Å²) in [6.45, 7) is 1.41. The largest absolute Gasteiger partial charge is 0.497 e. The topological polar surface area (TPSA) is 51.7 Å². The Labute approximate surface area is 148 Å². The van der Waals surface area contributed by atoms with Crippen molar-refractivity contribution in [3.8, 4) is 5.75 Å². The van der Waals surface area contributed by atoms with Crippen molar-refractivity contribution in [1.82, 2.24) is 9.88 Å². The summed E-state index contributed by atoms with van der Waals surface area (Å²) in [4.78, 5) is 18.7. The zero-order chi connectivity index (χ0) is 17.6. The van der Waals surface area contributed by atoms with Gasteiger partial charge < -0.3 is 14.4 Å². The lowest BCUT2D eigenvalue weighted by Gasteiger charge is -2.38. The molecule has 5 nitrogen and oxygen atoms in total. The number of piperidine rings is 1. The number of ether oxygens (including phenoxy) is 2. The van der Waals surface area contributed by atoms with E-state index in [9.17, 15) is 4.79 Å². The molecule has 3 rings (SSSR count). The van der Waals surface area contributed by atoms with Crippen LogP contribution in [0.3, 0.4) is 0 Å². The Morgan fingerprint density at radius 3 is 2.68 bits per heavy atom. The summed E-state index contributed by atoms with van der Waals surface area (Å²) in [5.41, 5.74) is 1.87. The molecule has 1 aliphatic heterocycles. The zero-order valence-corrected chi connectivity index (χ0v) is 14.7. The summed E-state index contributed by atoms with van der Waals surface area (Å²) in [5.74, 6) is 1.17. The molecule has 1 saturated heterocycles. The van der Waals surface area contributed by atoms with E-state index < -0.39 is 0 Å². The lowest BCUT2D eigenvalue weighted by molar-refractivity contribution is -0.00300. The molecule has 0 aliphatic carbocycles. The third kappa shape index (κ3) is 4.17. The van der Waals surface area contributed by atoms with Gasteiger partial charge in [0, 0.05) is 38.5 Å². The molecule has 0 unspecified atom stereocenters. The SMILES string of the molecule is COc1ccc(C[C@@H]2CN(C(=O)c3cccnc3)CC[C@H]2OC)cc1. The van der Waals surface area contributed by atoms with Crippen molar-refractivity contribution in [2.45, 2.75) is 18.9 Å². The third-order valence-electron chi connectivity index (χ3n) is 4.82. The number of pyridine rings is 1. The van der Waals surface area contributed by atoms with Gasteiger partial charge in [-0.2, -0.15) is 0 Å². The number of aromatic nitrogens is 1. The number of benzene rings is 1. The zero-order valence-electron chi connectivity index (χ0n) is 14.7. The number of likely N-dealkylation sites (tertiary alicyclic amines) is 1. The van der Waals surface area contributed by atoms with Gasteiger partial charge in [0.15, 0.2) is 0 Å². The highest BCUT2D eigenvalue weighted by molar-refractivity contribution is 5.93. The monoisotopic (exact) mass is 340 g/mol. The smallest absolute Gasteiger partial charge is 0.255 e. The number of amides is 1. The van der Waals surface area contributed by atoms with Gasteiger partial charge in [0.25, 0.3) is 5.91 Å². The average molecular weight is 340 g/mol. The Kier molecular flexibility index (Phi) is 5.66. The second kappa shape index (κ2) is 8.12. The summed E-state index contributed by atoms with van der Waals surface area (Å²) in [6.07, 6.45) is 5.20. The van der Waals surface area contributed by atoms with E-state index in [1.165, 1.54) is 5.56 Å². The van der Waals surface area contributed by atoms with Crippen LogP contribution in [0, 0.1) is 5.92 Å². The number of carbonyl (C=O) groups is 1. The molecule has 0 radical (unpaired) electrons. The molecule has 1 aliphatic rings. The predicted octanol–water partition coefficient (Wildman–Crippen LogP) is 2.81. The maximum atomic E-state index is 12.7. The highest BCUT2D eigenvalue weighted by Gasteiger charge is 2.32. The second-order valence-electron chi connectivity index (χ2n) is 6.37. The molecule has 1 amide bonds. The Hall–Kier alpha value is -2.40. The molecule has 1 aromatic heterocycles. The minimum atomic E-state index is 0.0439. The number of carbonyl (C=O) groups excluding carboxylic acids is 1. The van der Waals surface area contributed by atoms with Crippen molar-refractivity contribution in [3.05, 3.63) is 59.9 Å². The van der Waals surface area contributed by atoms with Gasteiger partial charge in [-0.1, -0.05) is 12.1 Å². The van der Waals surface area contributed by atoms with Gasteiger partial charge in [-0.15, -0.1) is 0 Å². The van der Waals surface area contributed by atoms with Gasteiger partial charge in [0.1, 0.15) is 5.75 Å². The van der Waals surface area contributed by atoms with Crippen LogP contribution < -0.4 is 4.74 Å². The van der Waals surface area contributed by atoms with Crippen molar-refractivity contribution in [2.75, 3.05) is 27.3 Å². The van der Waals surface area contributed by atoms with Gasteiger partial charge in [-0.05, 0) is 42.7 Å². The average Bonchev–Trinajstić information content (AvgIpc) is 2.68. The molecular formula is C20H24N2O3. The number of nitrogens with zero attached hydrogens (tertiary/aromatic N) is 2. The Balaban J connectivity index is 1.70. The molecule has 0 spiro atoms. The maximum Gasteiger partial charge on any atom is 0.255 e. The van der Waals surface area contributed by atoms with Crippen LogP contribution in [0.4, 0.5) is 0 Å². The number of rotatable bonds is 5. The Morgan fingerprint density at radius 2 is 2.04 bits per heavy atom. The molecule has 132 valence electrons. The fraction of sp³-hybridized carbons (Fsp3) is 0.400. The fourth-order valence-corrected chi connectivity index (χ4v) is 3.44. The first kappa shape index (κ1) is 17.4. The fourth-order valence-electron chi connectivity index (χ4n) is 3.44. The van der Waals surface area contributed by atoms with Gasteiger partial charge in [0.2, 0.25) is 0 Å². The van der Waals surface area contributed by atoms with E-state index in [0.717, 1.165) is 18.6 Å². The van der Waals surface area contributed by atoms with E-state index in [4.69, 9.17) is 9.47 Å². The third-order valence-corrected chi connectivity index (χ3v) is 4.82. The molecule has 2 heterocycles. The van der Waals surface area contributed by atoms with Crippen molar-refractivity contribution < 1.29 is 14.3 Å². The number of methoxy groups -OCH3 is 2. The maximum absolute atomic E-state index is 12.7. The van der Waals surface area contributed by atoms with Crippen LogP contribution in [0.5, 0.6) is 5.75 Å². The first-order valence-electron chi connectivity index (χ1n) is 8.56. The molecule has 0 bridgehead atoms. The normalized spacial score (nSPS) is 20.3. The summed E-state index contributed by atoms with van der Waals surface area (Å²) in [7, 11) is 3.42. The molecule has 1 aromatic carbocycles. The highest BCUT2D eigenvalue weighted by Crippen LogP contribution is 2.25. The lowest BCUT2D eigenvalue weighted by Crippen LogP contribution is -2.47.